The standard InChI is InChI=1S/C29H29F2N7O4/c1-6-19(40)36-10-11-37-16(12-36)13-42-26-21-27(37)33-29(41)38(25-15(4)35(5)34-23(25)14(2)3)28(21)32-24(22(26)31)20-17(30)8-7-9-18(20)39/h6-9,14,16,39H,1,10-13H2,2-5H3/t16-/m1/s1. The number of piperazine rings is 1. The number of fused-ring (bicyclic) bond motifs is 2. The summed E-state index contributed by atoms with van der Waals surface area (Å²) in [5.74, 6) is -2.94. The van der Waals surface area contributed by atoms with Crippen molar-refractivity contribution >= 4 is 22.8 Å². The van der Waals surface area contributed by atoms with E-state index in [1.54, 1.807) is 23.6 Å². The number of pyridine rings is 1. The number of aromatic hydroxyl groups is 1. The summed E-state index contributed by atoms with van der Waals surface area (Å²) in [6.45, 7) is 9.96. The number of amides is 1. The van der Waals surface area contributed by atoms with Crippen LogP contribution < -0.4 is 15.3 Å². The number of benzene rings is 1. The maximum absolute atomic E-state index is 16.4. The van der Waals surface area contributed by atoms with Gasteiger partial charge in [-0.15, -0.1) is 0 Å². The molecule has 6 rings (SSSR count). The number of halogens is 2. The molecule has 0 bridgehead atoms. The first-order chi connectivity index (χ1) is 20.0. The lowest BCUT2D eigenvalue weighted by Crippen LogP contribution is -2.56. The van der Waals surface area contributed by atoms with E-state index in [-0.39, 0.29) is 47.6 Å². The van der Waals surface area contributed by atoms with Crippen LogP contribution in [0, 0.1) is 18.6 Å². The van der Waals surface area contributed by atoms with E-state index in [9.17, 15) is 14.7 Å². The molecule has 1 aromatic carbocycles. The van der Waals surface area contributed by atoms with Crippen molar-refractivity contribution in [1.29, 1.82) is 0 Å². The first-order valence-electron chi connectivity index (χ1n) is 13.5. The van der Waals surface area contributed by atoms with Crippen LogP contribution in [0.2, 0.25) is 0 Å². The highest BCUT2D eigenvalue weighted by Gasteiger charge is 2.38. The van der Waals surface area contributed by atoms with Crippen molar-refractivity contribution in [3.05, 3.63) is 64.4 Å². The van der Waals surface area contributed by atoms with Crippen LogP contribution in [0.1, 0.15) is 31.2 Å². The molecule has 13 heteroatoms. The number of rotatable bonds is 4. The molecular formula is C29H29F2N7O4. The van der Waals surface area contributed by atoms with Crippen molar-refractivity contribution < 1.29 is 23.4 Å². The molecule has 218 valence electrons. The quantitative estimate of drug-likeness (QED) is 0.368. The maximum Gasteiger partial charge on any atom is 0.355 e. The average Bonchev–Trinajstić information content (AvgIpc) is 3.15. The van der Waals surface area contributed by atoms with Crippen molar-refractivity contribution in [2.45, 2.75) is 32.7 Å². The van der Waals surface area contributed by atoms with Crippen molar-refractivity contribution in [3.8, 4) is 28.4 Å². The molecular weight excluding hydrogens is 548 g/mol. The van der Waals surface area contributed by atoms with Gasteiger partial charge in [0.05, 0.1) is 28.7 Å². The van der Waals surface area contributed by atoms with Crippen LogP contribution in [0.15, 0.2) is 35.6 Å². The molecule has 1 N–H and O–H groups in total. The van der Waals surface area contributed by atoms with Gasteiger partial charge in [0, 0.05) is 26.7 Å². The zero-order valence-corrected chi connectivity index (χ0v) is 23.6. The Labute approximate surface area is 239 Å². The number of phenols is 1. The lowest BCUT2D eigenvalue weighted by Gasteiger charge is -2.40. The summed E-state index contributed by atoms with van der Waals surface area (Å²) in [6, 6.07) is 3.12. The number of hydrogen-bond donors (Lipinski definition) is 1. The molecule has 0 aliphatic carbocycles. The Bertz CT molecular complexity index is 1830. The van der Waals surface area contributed by atoms with Crippen molar-refractivity contribution in [3.63, 3.8) is 0 Å². The lowest BCUT2D eigenvalue weighted by molar-refractivity contribution is -0.126. The highest BCUT2D eigenvalue weighted by Crippen LogP contribution is 2.44. The molecule has 1 fully saturated rings. The molecule has 2 aliphatic rings. The second kappa shape index (κ2) is 9.93. The highest BCUT2D eigenvalue weighted by molar-refractivity contribution is 5.97. The zero-order chi connectivity index (χ0) is 30.0. The molecule has 4 aromatic rings. The normalized spacial score (nSPS) is 16.4. The summed E-state index contributed by atoms with van der Waals surface area (Å²) >= 11 is 0. The average molecular weight is 578 g/mol. The Morgan fingerprint density at radius 3 is 2.69 bits per heavy atom. The first-order valence-corrected chi connectivity index (χ1v) is 13.5. The molecule has 0 radical (unpaired) electrons. The van der Waals surface area contributed by atoms with Gasteiger partial charge >= 0.3 is 5.69 Å². The number of nitrogens with zero attached hydrogens (tertiary/aromatic N) is 7. The second-order valence-corrected chi connectivity index (χ2v) is 10.7. The Hall–Kier alpha value is -4.81. The third-order valence-electron chi connectivity index (χ3n) is 7.89. The fourth-order valence-corrected chi connectivity index (χ4v) is 5.71. The monoisotopic (exact) mass is 577 g/mol. The minimum absolute atomic E-state index is 0.0256. The lowest BCUT2D eigenvalue weighted by atomic mass is 10.1. The first kappa shape index (κ1) is 27.4. The van der Waals surface area contributed by atoms with Gasteiger partial charge in [-0.2, -0.15) is 10.1 Å². The van der Waals surface area contributed by atoms with Crippen molar-refractivity contribution in [2.24, 2.45) is 7.05 Å². The SMILES string of the molecule is C=CC(=O)N1CCN2c3nc(=O)n(-c4c(C(C)C)nn(C)c4C)c4nc(-c5c(O)cccc5F)c(F)c(c34)OC[C@H]2C1. The number of ether oxygens (including phenoxy) is 1. The molecule has 1 amide bonds. The van der Waals surface area contributed by atoms with E-state index < -0.39 is 40.4 Å². The van der Waals surface area contributed by atoms with Gasteiger partial charge in [0.15, 0.2) is 17.2 Å². The third kappa shape index (κ3) is 4.02. The molecule has 0 spiro atoms. The summed E-state index contributed by atoms with van der Waals surface area (Å²) in [7, 11) is 1.74. The number of carbonyl (C=O) groups is 1. The molecule has 42 heavy (non-hydrogen) atoms. The van der Waals surface area contributed by atoms with E-state index >= 15 is 8.78 Å². The van der Waals surface area contributed by atoms with E-state index in [1.165, 1.54) is 22.8 Å². The highest BCUT2D eigenvalue weighted by atomic mass is 19.1. The molecule has 1 atom stereocenters. The molecule has 2 aliphatic heterocycles. The van der Waals surface area contributed by atoms with Gasteiger partial charge in [0.1, 0.15) is 35.1 Å². The Morgan fingerprint density at radius 1 is 1.24 bits per heavy atom. The van der Waals surface area contributed by atoms with Crippen LogP contribution in [0.3, 0.4) is 0 Å². The van der Waals surface area contributed by atoms with E-state index in [0.717, 1.165) is 6.07 Å². The van der Waals surface area contributed by atoms with E-state index in [2.05, 4.69) is 21.6 Å². The molecule has 1 saturated heterocycles. The molecule has 5 heterocycles. The predicted octanol–water partition coefficient (Wildman–Crippen LogP) is 3.19. The van der Waals surface area contributed by atoms with Gasteiger partial charge in [-0.25, -0.2) is 23.1 Å². The van der Waals surface area contributed by atoms with Gasteiger partial charge in [-0.1, -0.05) is 26.5 Å². The van der Waals surface area contributed by atoms with Crippen LogP contribution in [-0.4, -0.2) is 72.5 Å². The maximum atomic E-state index is 16.4. The largest absolute Gasteiger partial charge is 0.507 e. The van der Waals surface area contributed by atoms with E-state index in [1.807, 2.05) is 18.7 Å². The predicted molar refractivity (Wildman–Crippen MR) is 151 cm³/mol. The smallest absolute Gasteiger partial charge is 0.355 e. The molecule has 0 saturated carbocycles. The fourth-order valence-electron chi connectivity index (χ4n) is 5.71. The van der Waals surface area contributed by atoms with Gasteiger partial charge in [0.25, 0.3) is 0 Å². The topological polar surface area (TPSA) is 119 Å². The summed E-state index contributed by atoms with van der Waals surface area (Å²) in [5, 5.41) is 15.3. The number of aryl methyl sites for hydroxylation is 1. The minimum atomic E-state index is -1.01. The number of anilines is 1. The Balaban J connectivity index is 1.71. The van der Waals surface area contributed by atoms with Gasteiger partial charge in [0.2, 0.25) is 5.91 Å². The summed E-state index contributed by atoms with van der Waals surface area (Å²) in [4.78, 5) is 38.7. The van der Waals surface area contributed by atoms with Gasteiger partial charge in [-0.05, 0) is 31.1 Å². The molecule has 0 unspecified atom stereocenters. The van der Waals surface area contributed by atoms with Crippen LogP contribution >= 0.6 is 0 Å². The van der Waals surface area contributed by atoms with Gasteiger partial charge in [-0.3, -0.25) is 9.48 Å². The number of hydrogen-bond acceptors (Lipinski definition) is 8. The van der Waals surface area contributed by atoms with E-state index in [0.29, 0.717) is 30.2 Å². The van der Waals surface area contributed by atoms with Crippen molar-refractivity contribution in [1.82, 2.24) is 29.2 Å². The summed E-state index contributed by atoms with van der Waals surface area (Å²) < 4.78 is 40.5. The zero-order valence-electron chi connectivity index (χ0n) is 23.6. The number of aromatic nitrogens is 5. The number of phenolic OH excluding ortho intramolecular Hbond substituents is 1. The van der Waals surface area contributed by atoms with Crippen LogP contribution in [0.4, 0.5) is 14.6 Å². The third-order valence-corrected chi connectivity index (χ3v) is 7.89. The summed E-state index contributed by atoms with van der Waals surface area (Å²) in [5.41, 5.74) is -0.0736. The molecule has 3 aromatic heterocycles. The number of carbonyl (C=O) groups excluding carboxylic acids is 1. The van der Waals surface area contributed by atoms with Crippen LogP contribution in [-0.2, 0) is 11.8 Å². The fraction of sp³-hybridized carbons (Fsp3) is 0.345. The Morgan fingerprint density at radius 2 is 2.00 bits per heavy atom. The Kier molecular flexibility index (Phi) is 6.47. The van der Waals surface area contributed by atoms with Gasteiger partial charge < -0.3 is 19.6 Å². The van der Waals surface area contributed by atoms with Crippen LogP contribution in [0.5, 0.6) is 11.5 Å². The van der Waals surface area contributed by atoms with Crippen molar-refractivity contribution in [2.75, 3.05) is 31.1 Å². The minimum Gasteiger partial charge on any atom is -0.507 e. The summed E-state index contributed by atoms with van der Waals surface area (Å²) in [6.07, 6.45) is 1.22. The molecule has 11 nitrogen and oxygen atoms in total. The second-order valence-electron chi connectivity index (χ2n) is 10.7. The van der Waals surface area contributed by atoms with E-state index in [4.69, 9.17) is 4.74 Å². The van der Waals surface area contributed by atoms with Crippen LogP contribution in [0.25, 0.3) is 28.0 Å².